The van der Waals surface area contributed by atoms with Gasteiger partial charge >= 0.3 is 0 Å². The lowest BCUT2D eigenvalue weighted by Gasteiger charge is -2.16. The van der Waals surface area contributed by atoms with Gasteiger partial charge in [0, 0.05) is 29.1 Å². The van der Waals surface area contributed by atoms with Crippen molar-refractivity contribution in [1.29, 1.82) is 0 Å². The summed E-state index contributed by atoms with van der Waals surface area (Å²) in [6, 6.07) is 26.7. The number of rotatable bonds is 7. The third-order valence-electron chi connectivity index (χ3n) is 8.13. The first-order valence-corrected chi connectivity index (χ1v) is 14.3. The van der Waals surface area contributed by atoms with E-state index in [0.29, 0.717) is 45.1 Å². The van der Waals surface area contributed by atoms with E-state index < -0.39 is 5.54 Å². The normalized spacial score (nSPS) is 13.5. The van der Waals surface area contributed by atoms with Gasteiger partial charge in [0.05, 0.1) is 11.1 Å². The molecule has 0 aliphatic heterocycles. The largest absolute Gasteiger partial charge is 0.455 e. The lowest BCUT2D eigenvalue weighted by Crippen LogP contribution is -2.35. The molecule has 0 spiro atoms. The van der Waals surface area contributed by atoms with Gasteiger partial charge in [-0.2, -0.15) is 5.10 Å². The first kappa shape index (κ1) is 27.3. The van der Waals surface area contributed by atoms with Crippen molar-refractivity contribution in [2.75, 3.05) is 7.05 Å². The van der Waals surface area contributed by atoms with E-state index >= 15 is 0 Å². The number of aryl methyl sites for hydroxylation is 1. The topological polar surface area (TPSA) is 113 Å². The molecule has 0 radical (unpaired) electrons. The highest BCUT2D eigenvalue weighted by Crippen LogP contribution is 2.44. The van der Waals surface area contributed by atoms with Gasteiger partial charge in [-0.1, -0.05) is 42.5 Å². The van der Waals surface area contributed by atoms with E-state index in [2.05, 4.69) is 25.8 Å². The summed E-state index contributed by atoms with van der Waals surface area (Å²) >= 11 is 0. The zero-order chi connectivity index (χ0) is 30.4. The molecule has 1 saturated carbocycles. The van der Waals surface area contributed by atoms with Crippen LogP contribution in [0.2, 0.25) is 0 Å². The van der Waals surface area contributed by atoms with Crippen LogP contribution in [0.1, 0.15) is 44.9 Å². The second-order valence-electron chi connectivity index (χ2n) is 11.0. The fraction of sp³-hybridized carbons (Fsp3) is 0.143. The van der Waals surface area contributed by atoms with E-state index in [0.717, 1.165) is 35.1 Å². The van der Waals surface area contributed by atoms with E-state index in [1.165, 1.54) is 12.1 Å². The molecular weight excluding hydrogens is 557 g/mol. The Kier molecular flexibility index (Phi) is 6.58. The van der Waals surface area contributed by atoms with Crippen molar-refractivity contribution in [2.24, 2.45) is 0 Å². The first-order valence-electron chi connectivity index (χ1n) is 14.3. The highest BCUT2D eigenvalue weighted by atomic mass is 19.1. The molecule has 2 aromatic heterocycles. The Balaban J connectivity index is 1.21. The number of hydrogen-bond donors (Lipinski definition) is 3. The zero-order valence-corrected chi connectivity index (χ0v) is 24.1. The number of aromatic amines is 1. The summed E-state index contributed by atoms with van der Waals surface area (Å²) < 4.78 is 19.7. The Morgan fingerprint density at radius 2 is 1.64 bits per heavy atom. The Labute approximate surface area is 252 Å². The minimum atomic E-state index is -0.586. The fourth-order valence-electron chi connectivity index (χ4n) is 5.52. The average Bonchev–Trinajstić information content (AvgIpc) is 3.47. The summed E-state index contributed by atoms with van der Waals surface area (Å²) in [7, 11) is 1.56. The number of carbonyl (C=O) groups is 2. The van der Waals surface area contributed by atoms with Crippen LogP contribution in [0.25, 0.3) is 44.8 Å². The second kappa shape index (κ2) is 10.6. The Hall–Kier alpha value is -5.57. The SMILES string of the molecule is CNC(=O)c1c(-c2ccc(F)cc2)oc2ccc(-c3cc(C(=O)NC4(c5nc(-c6ccccc6)n[nH]5)CC4)ccc3C)cc12. The number of benzene rings is 4. The molecule has 44 heavy (non-hydrogen) atoms. The maximum atomic E-state index is 13.6. The Morgan fingerprint density at radius 3 is 2.36 bits per heavy atom. The Morgan fingerprint density at radius 1 is 0.886 bits per heavy atom. The summed E-state index contributed by atoms with van der Waals surface area (Å²) in [4.78, 5) is 31.3. The molecular formula is C35H28FN5O3. The number of halogens is 1. The molecule has 218 valence electrons. The number of furan rings is 1. The fourth-order valence-corrected chi connectivity index (χ4v) is 5.52. The number of nitrogens with one attached hydrogen (secondary N) is 3. The second-order valence-corrected chi connectivity index (χ2v) is 11.0. The minimum absolute atomic E-state index is 0.213. The molecule has 2 heterocycles. The van der Waals surface area contributed by atoms with Crippen LogP contribution in [0.5, 0.6) is 0 Å². The number of hydrogen-bond acceptors (Lipinski definition) is 5. The van der Waals surface area contributed by atoms with Crippen molar-refractivity contribution in [3.63, 3.8) is 0 Å². The van der Waals surface area contributed by atoms with Crippen molar-refractivity contribution in [2.45, 2.75) is 25.3 Å². The van der Waals surface area contributed by atoms with Gasteiger partial charge in [0.25, 0.3) is 11.8 Å². The number of amides is 2. The van der Waals surface area contributed by atoms with Crippen molar-refractivity contribution in [3.05, 3.63) is 119 Å². The van der Waals surface area contributed by atoms with E-state index in [9.17, 15) is 14.0 Å². The number of nitrogens with zero attached hydrogens (tertiary/aromatic N) is 2. The van der Waals surface area contributed by atoms with Crippen molar-refractivity contribution in [1.82, 2.24) is 25.8 Å². The molecule has 9 heteroatoms. The molecule has 4 aromatic carbocycles. The van der Waals surface area contributed by atoms with E-state index in [-0.39, 0.29) is 17.6 Å². The molecule has 7 rings (SSSR count). The monoisotopic (exact) mass is 585 g/mol. The van der Waals surface area contributed by atoms with Gasteiger partial charge in [0.15, 0.2) is 11.6 Å². The molecule has 8 nitrogen and oxygen atoms in total. The molecule has 0 atom stereocenters. The smallest absolute Gasteiger partial charge is 0.255 e. The van der Waals surface area contributed by atoms with E-state index in [4.69, 9.17) is 4.42 Å². The lowest BCUT2D eigenvalue weighted by molar-refractivity contribution is 0.0927. The molecule has 2 amide bonds. The molecule has 1 aliphatic rings. The summed E-state index contributed by atoms with van der Waals surface area (Å²) in [5, 5.41) is 13.9. The molecule has 0 unspecified atom stereocenters. The van der Waals surface area contributed by atoms with Crippen LogP contribution in [0, 0.1) is 12.7 Å². The van der Waals surface area contributed by atoms with Crippen LogP contribution in [-0.4, -0.2) is 34.0 Å². The molecule has 6 aromatic rings. The number of H-pyrrole nitrogens is 1. The van der Waals surface area contributed by atoms with Crippen LogP contribution < -0.4 is 10.6 Å². The van der Waals surface area contributed by atoms with Crippen molar-refractivity contribution < 1.29 is 18.4 Å². The van der Waals surface area contributed by atoms with Gasteiger partial charge in [0.2, 0.25) is 0 Å². The maximum Gasteiger partial charge on any atom is 0.255 e. The molecule has 1 aliphatic carbocycles. The summed E-state index contributed by atoms with van der Waals surface area (Å²) in [6.07, 6.45) is 1.52. The zero-order valence-electron chi connectivity index (χ0n) is 24.1. The van der Waals surface area contributed by atoms with Gasteiger partial charge in [-0.15, -0.1) is 0 Å². The average molecular weight is 586 g/mol. The highest BCUT2D eigenvalue weighted by molar-refractivity contribution is 6.12. The molecule has 0 bridgehead atoms. The molecule has 0 saturated heterocycles. The quantitative estimate of drug-likeness (QED) is 0.191. The predicted octanol–water partition coefficient (Wildman–Crippen LogP) is 6.78. The first-order chi connectivity index (χ1) is 21.3. The third kappa shape index (κ3) is 4.82. The maximum absolute atomic E-state index is 13.6. The van der Waals surface area contributed by atoms with E-state index in [1.54, 1.807) is 25.2 Å². The van der Waals surface area contributed by atoms with Crippen LogP contribution in [0.4, 0.5) is 4.39 Å². The summed E-state index contributed by atoms with van der Waals surface area (Å²) in [5.74, 6) is 0.684. The molecule has 1 fully saturated rings. The minimum Gasteiger partial charge on any atom is -0.455 e. The predicted molar refractivity (Wildman–Crippen MR) is 165 cm³/mol. The third-order valence-corrected chi connectivity index (χ3v) is 8.13. The van der Waals surface area contributed by atoms with Crippen LogP contribution >= 0.6 is 0 Å². The molecule has 3 N–H and O–H groups in total. The van der Waals surface area contributed by atoms with Gasteiger partial charge < -0.3 is 15.1 Å². The van der Waals surface area contributed by atoms with Gasteiger partial charge in [-0.3, -0.25) is 14.7 Å². The lowest BCUT2D eigenvalue weighted by atomic mass is 9.95. The Bertz CT molecular complexity index is 2040. The summed E-state index contributed by atoms with van der Waals surface area (Å²) in [5.41, 5.74) is 4.94. The van der Waals surface area contributed by atoms with Crippen LogP contribution in [0.15, 0.2) is 95.4 Å². The van der Waals surface area contributed by atoms with Gasteiger partial charge in [-0.25, -0.2) is 9.37 Å². The van der Waals surface area contributed by atoms with Crippen LogP contribution in [-0.2, 0) is 5.54 Å². The van der Waals surface area contributed by atoms with Gasteiger partial charge in [-0.05, 0) is 85.0 Å². The number of carbonyl (C=O) groups excluding carboxylic acids is 2. The van der Waals surface area contributed by atoms with Crippen LogP contribution in [0.3, 0.4) is 0 Å². The summed E-state index contributed by atoms with van der Waals surface area (Å²) in [6.45, 7) is 1.97. The van der Waals surface area contributed by atoms with Crippen molar-refractivity contribution in [3.8, 4) is 33.8 Å². The van der Waals surface area contributed by atoms with E-state index in [1.807, 2.05) is 67.6 Å². The van der Waals surface area contributed by atoms with Gasteiger partial charge in [0.1, 0.15) is 17.2 Å². The number of aromatic nitrogens is 3. The highest BCUT2D eigenvalue weighted by Gasteiger charge is 2.49. The van der Waals surface area contributed by atoms with Crippen molar-refractivity contribution >= 4 is 22.8 Å². The number of fused-ring (bicyclic) bond motifs is 1. The standard InChI is InChI=1S/C35H28FN5O3/c1-20-8-9-24(32(42)39-35(16-17-35)34-38-31(40-41-34)22-6-4-3-5-7-22)19-26(20)23-12-15-28-27(18-23)29(33(43)37-2)30(44-28)21-10-13-25(36)14-11-21/h3-15,18-19H,16-17H2,1-2H3,(H,37,43)(H,39,42)(H,38,40,41).